The van der Waals surface area contributed by atoms with E-state index in [9.17, 15) is 18.8 Å². The molecule has 3 N–H and O–H groups in total. The zero-order valence-corrected chi connectivity index (χ0v) is 21.6. The van der Waals surface area contributed by atoms with Gasteiger partial charge in [-0.15, -0.1) is 0 Å². The van der Waals surface area contributed by atoms with Crippen molar-refractivity contribution in [3.63, 3.8) is 0 Å². The van der Waals surface area contributed by atoms with Crippen molar-refractivity contribution in [3.8, 4) is 23.0 Å². The van der Waals surface area contributed by atoms with E-state index in [2.05, 4.69) is 15.6 Å². The van der Waals surface area contributed by atoms with Crippen LogP contribution in [0, 0.1) is 17.0 Å². The van der Waals surface area contributed by atoms with Crippen LogP contribution in [0.1, 0.15) is 12.8 Å². The predicted molar refractivity (Wildman–Crippen MR) is 150 cm³/mol. The molecular formula is C29H24F2KN3O7. The molecule has 0 aliphatic heterocycles. The van der Waals surface area contributed by atoms with Crippen LogP contribution in [0.15, 0.2) is 66.9 Å². The Kier molecular flexibility index (Phi) is 9.79. The van der Waals surface area contributed by atoms with E-state index in [1.165, 1.54) is 67.9 Å². The second-order valence-corrected chi connectivity index (χ2v) is 9.26. The van der Waals surface area contributed by atoms with E-state index in [1.807, 2.05) is 0 Å². The molecule has 0 atom stereocenters. The first-order valence-corrected chi connectivity index (χ1v) is 12.4. The molecule has 1 aliphatic carbocycles. The molecule has 5 rings (SSSR count). The summed E-state index contributed by atoms with van der Waals surface area (Å²) in [7, 11) is 1.39. The number of carbonyl (C=O) groups is 3. The van der Waals surface area contributed by atoms with Crippen molar-refractivity contribution in [2.24, 2.45) is 5.41 Å². The average Bonchev–Trinajstić information content (AvgIpc) is 3.77. The van der Waals surface area contributed by atoms with E-state index in [1.54, 1.807) is 0 Å². The molecule has 10 nitrogen and oxygen atoms in total. The third-order valence-electron chi connectivity index (χ3n) is 6.47. The first-order valence-electron chi connectivity index (χ1n) is 12.4. The molecule has 0 bridgehead atoms. The van der Waals surface area contributed by atoms with Crippen LogP contribution in [0.2, 0.25) is 0 Å². The number of nitrogens with one attached hydrogen (secondary N) is 2. The summed E-state index contributed by atoms with van der Waals surface area (Å²) in [6, 6.07) is 13.6. The second kappa shape index (κ2) is 13.1. The van der Waals surface area contributed by atoms with Gasteiger partial charge in [0.25, 0.3) is 0 Å². The summed E-state index contributed by atoms with van der Waals surface area (Å²) in [5.41, 5.74) is -0.431. The van der Waals surface area contributed by atoms with Gasteiger partial charge in [-0.05, 0) is 61.4 Å². The van der Waals surface area contributed by atoms with Gasteiger partial charge in [-0.3, -0.25) is 14.6 Å². The number of hydrogen-bond donors (Lipinski definition) is 3. The Hall–Kier alpha value is -3.62. The van der Waals surface area contributed by atoms with Gasteiger partial charge in [0.15, 0.2) is 29.7 Å². The molecule has 3 aromatic carbocycles. The fourth-order valence-corrected chi connectivity index (χ4v) is 4.13. The zero-order chi connectivity index (χ0) is 29.1. The maximum absolute atomic E-state index is 15.1. The van der Waals surface area contributed by atoms with Gasteiger partial charge in [-0.1, -0.05) is 0 Å². The number of carboxylic acids is 1. The van der Waals surface area contributed by atoms with Gasteiger partial charge in [0.05, 0.1) is 12.6 Å². The molecule has 0 radical (unpaired) electrons. The minimum atomic E-state index is -1.30. The summed E-state index contributed by atoms with van der Waals surface area (Å²) in [4.78, 5) is 40.8. The average molecular weight is 604 g/mol. The van der Waals surface area contributed by atoms with Crippen LogP contribution in [0.5, 0.6) is 23.0 Å². The van der Waals surface area contributed by atoms with Crippen molar-refractivity contribution >= 4 is 91.4 Å². The molecule has 0 unspecified atom stereocenters. The van der Waals surface area contributed by atoms with Crippen LogP contribution < -0.4 is 24.8 Å². The third kappa shape index (κ3) is 6.87. The van der Waals surface area contributed by atoms with Crippen LogP contribution in [0.3, 0.4) is 0 Å². The van der Waals surface area contributed by atoms with E-state index in [0.717, 1.165) is 6.07 Å². The molecule has 1 aliphatic rings. The van der Waals surface area contributed by atoms with Gasteiger partial charge in [0.2, 0.25) is 11.8 Å². The number of nitrogens with zero attached hydrogens (tertiary/aromatic N) is 1. The van der Waals surface area contributed by atoms with Crippen LogP contribution in [-0.4, -0.2) is 93.0 Å². The molecule has 212 valence electrons. The number of aromatic nitrogens is 1. The van der Waals surface area contributed by atoms with Crippen LogP contribution in [0.4, 0.5) is 20.2 Å². The molecule has 1 aromatic heterocycles. The number of carboxylic acid groups (broad SMARTS) is 1. The molecule has 4 aromatic rings. The van der Waals surface area contributed by atoms with E-state index in [4.69, 9.17) is 19.3 Å². The molecule has 13 heteroatoms. The number of fused-ring (bicyclic) bond motifs is 1. The Morgan fingerprint density at radius 2 is 1.55 bits per heavy atom. The van der Waals surface area contributed by atoms with Gasteiger partial charge in [-0.2, -0.15) is 0 Å². The SMILES string of the molecule is COc1cc2c(Oc3ccc(NC(=O)C4(C(=O)Nc5ccc(F)cc5)CC4)cc3F)ccnc2cc1OCC(=O)O.[KH]. The summed E-state index contributed by atoms with van der Waals surface area (Å²) < 4.78 is 44.6. The van der Waals surface area contributed by atoms with Crippen molar-refractivity contribution in [1.82, 2.24) is 4.98 Å². The summed E-state index contributed by atoms with van der Waals surface area (Å²) in [6.45, 7) is -0.577. The molecule has 1 saturated carbocycles. The number of pyridine rings is 1. The summed E-state index contributed by atoms with van der Waals surface area (Å²) in [5, 5.41) is 14.5. The van der Waals surface area contributed by atoms with Crippen LogP contribution in [0.25, 0.3) is 10.9 Å². The predicted octanol–water partition coefficient (Wildman–Crippen LogP) is 4.49. The number of ether oxygens (including phenoxy) is 3. The first-order chi connectivity index (χ1) is 19.7. The molecule has 1 heterocycles. The Labute approximate surface area is 280 Å². The zero-order valence-electron chi connectivity index (χ0n) is 21.6. The van der Waals surface area contributed by atoms with E-state index in [-0.39, 0.29) is 80.1 Å². The number of aliphatic carboxylic acids is 1. The summed E-state index contributed by atoms with van der Waals surface area (Å²) >= 11 is 0. The summed E-state index contributed by atoms with van der Waals surface area (Å²) in [6.07, 6.45) is 2.07. The molecule has 2 amide bonds. The Balaban J connectivity index is 0.00000405. The fourth-order valence-electron chi connectivity index (χ4n) is 4.13. The Bertz CT molecular complexity index is 1660. The van der Waals surface area contributed by atoms with Gasteiger partial charge in [0.1, 0.15) is 17.0 Å². The van der Waals surface area contributed by atoms with Crippen LogP contribution in [-0.2, 0) is 14.4 Å². The number of methoxy groups -OCH3 is 1. The van der Waals surface area contributed by atoms with Crippen molar-refractivity contribution < 1.29 is 42.5 Å². The van der Waals surface area contributed by atoms with Crippen molar-refractivity contribution in [1.29, 1.82) is 0 Å². The minimum absolute atomic E-state index is 0. The van der Waals surface area contributed by atoms with E-state index < -0.39 is 41.4 Å². The third-order valence-corrected chi connectivity index (χ3v) is 6.47. The number of halogens is 2. The van der Waals surface area contributed by atoms with E-state index >= 15 is 4.39 Å². The number of amides is 2. The van der Waals surface area contributed by atoms with Crippen molar-refractivity contribution in [2.75, 3.05) is 24.4 Å². The van der Waals surface area contributed by atoms with Crippen molar-refractivity contribution in [3.05, 3.63) is 78.5 Å². The van der Waals surface area contributed by atoms with Crippen LogP contribution >= 0.6 is 0 Å². The second-order valence-electron chi connectivity index (χ2n) is 9.26. The van der Waals surface area contributed by atoms with Gasteiger partial charge >= 0.3 is 57.4 Å². The molecule has 0 spiro atoms. The van der Waals surface area contributed by atoms with Gasteiger partial charge in [0, 0.05) is 35.1 Å². The number of hydrogen-bond acceptors (Lipinski definition) is 7. The number of anilines is 2. The number of carbonyl (C=O) groups excluding carboxylic acids is 2. The molecular weight excluding hydrogens is 579 g/mol. The normalized spacial score (nSPS) is 12.9. The summed E-state index contributed by atoms with van der Waals surface area (Å²) in [5.74, 6) is -3.01. The number of rotatable bonds is 10. The molecule has 1 fully saturated rings. The fraction of sp³-hybridized carbons (Fsp3) is 0.172. The topological polar surface area (TPSA) is 136 Å². The van der Waals surface area contributed by atoms with Crippen molar-refractivity contribution in [2.45, 2.75) is 12.8 Å². The monoisotopic (exact) mass is 603 g/mol. The Morgan fingerprint density at radius 1 is 0.881 bits per heavy atom. The quantitative estimate of drug-likeness (QED) is 0.178. The first kappa shape index (κ1) is 31.3. The molecule has 0 saturated heterocycles. The Morgan fingerprint density at radius 3 is 2.17 bits per heavy atom. The number of benzene rings is 3. The maximum atomic E-state index is 15.1. The molecule has 42 heavy (non-hydrogen) atoms. The van der Waals surface area contributed by atoms with Gasteiger partial charge in [-0.25, -0.2) is 13.6 Å². The standard InChI is InChI=1S/C29H23F2N3O7.K.H/c1-39-24-13-19-21(14-25(24)40-15-26(35)36)32-11-8-22(19)41-23-7-6-18(12-20(23)31)34-28(38)29(9-10-29)27(37)33-17-4-2-16(30)3-5-17;;/h2-8,11-14H,9-10,15H2,1H3,(H,33,37)(H,34,38)(H,35,36);;. The van der Waals surface area contributed by atoms with E-state index in [0.29, 0.717) is 29.4 Å². The van der Waals surface area contributed by atoms with Gasteiger partial charge < -0.3 is 30.0 Å².